The number of carbonyl (C=O) groups excluding carboxylic acids is 1. The topological polar surface area (TPSA) is 84.5 Å². The van der Waals surface area contributed by atoms with Gasteiger partial charge in [0, 0.05) is 0 Å². The van der Waals surface area contributed by atoms with Gasteiger partial charge in [-0.3, -0.25) is 10.2 Å². The van der Waals surface area contributed by atoms with E-state index in [1.165, 1.54) is 5.56 Å². The Morgan fingerprint density at radius 1 is 1.00 bits per heavy atom. The monoisotopic (exact) mass is 390 g/mol. The lowest BCUT2D eigenvalue weighted by Gasteiger charge is -2.16. The number of carbonyl (C=O) groups is 1. The van der Waals surface area contributed by atoms with E-state index in [0.717, 1.165) is 17.5 Å². The quantitative estimate of drug-likeness (QED) is 0.712. The molecule has 2 rings (SSSR count). The first-order valence-corrected chi connectivity index (χ1v) is 10.2. The van der Waals surface area contributed by atoms with Crippen molar-refractivity contribution in [2.24, 2.45) is 0 Å². The smallest absolute Gasteiger partial charge is 0.272 e. The van der Waals surface area contributed by atoms with Crippen molar-refractivity contribution in [1.29, 1.82) is 0 Å². The number of amides is 1. The summed E-state index contributed by atoms with van der Waals surface area (Å²) in [5, 5.41) is 0. The fraction of sp³-hybridized carbons (Fsp3) is 0.350. The molecular weight excluding hydrogens is 364 g/mol. The van der Waals surface area contributed by atoms with Gasteiger partial charge in [-0.25, -0.2) is 8.42 Å². The highest BCUT2D eigenvalue weighted by atomic mass is 32.2. The molecule has 1 amide bonds. The van der Waals surface area contributed by atoms with Crippen molar-refractivity contribution in [2.75, 3.05) is 6.61 Å². The third-order valence-electron chi connectivity index (χ3n) is 4.59. The molecule has 0 aliphatic rings. The van der Waals surface area contributed by atoms with Crippen molar-refractivity contribution in [1.82, 2.24) is 10.3 Å². The van der Waals surface area contributed by atoms with Gasteiger partial charge in [0.05, 0.1) is 4.90 Å². The van der Waals surface area contributed by atoms with Crippen molar-refractivity contribution >= 4 is 15.9 Å². The summed E-state index contributed by atoms with van der Waals surface area (Å²) in [4.78, 5) is 14.3. The number of hydrazine groups is 1. The summed E-state index contributed by atoms with van der Waals surface area (Å²) < 4.78 is 30.7. The number of benzene rings is 2. The summed E-state index contributed by atoms with van der Waals surface area (Å²) in [5.74, 6) is -0.0379. The third-order valence-corrected chi connectivity index (χ3v) is 6.11. The molecule has 27 heavy (non-hydrogen) atoms. The zero-order valence-corrected chi connectivity index (χ0v) is 17.2. The Hall–Kier alpha value is -2.38. The highest BCUT2D eigenvalue weighted by Crippen LogP contribution is 2.25. The predicted molar refractivity (Wildman–Crippen MR) is 105 cm³/mol. The molecule has 0 radical (unpaired) electrons. The molecule has 0 fully saturated rings. The molecule has 0 atom stereocenters. The van der Waals surface area contributed by atoms with E-state index in [4.69, 9.17) is 4.74 Å². The van der Waals surface area contributed by atoms with Crippen LogP contribution in [0.3, 0.4) is 0 Å². The maximum atomic E-state index is 12.7. The summed E-state index contributed by atoms with van der Waals surface area (Å²) in [6.45, 7) is 8.98. The molecular formula is C20H26N2O4S. The highest BCUT2D eigenvalue weighted by molar-refractivity contribution is 7.89. The Balaban J connectivity index is 2.01. The second-order valence-corrected chi connectivity index (χ2v) is 8.15. The number of aryl methyl sites for hydroxylation is 3. The lowest BCUT2D eigenvalue weighted by molar-refractivity contribution is -0.123. The molecule has 0 spiro atoms. The molecule has 7 heteroatoms. The molecule has 0 bridgehead atoms. The maximum Gasteiger partial charge on any atom is 0.272 e. The summed E-state index contributed by atoms with van der Waals surface area (Å²) in [5.41, 5.74) is 6.45. The molecule has 6 nitrogen and oxygen atoms in total. The van der Waals surface area contributed by atoms with Crippen LogP contribution in [0.2, 0.25) is 0 Å². The minimum Gasteiger partial charge on any atom is -0.484 e. The van der Waals surface area contributed by atoms with E-state index >= 15 is 0 Å². The summed E-state index contributed by atoms with van der Waals surface area (Å²) in [7, 11) is -3.89. The van der Waals surface area contributed by atoms with Gasteiger partial charge >= 0.3 is 0 Å². The van der Waals surface area contributed by atoms with E-state index in [9.17, 15) is 13.2 Å². The van der Waals surface area contributed by atoms with Crippen molar-refractivity contribution < 1.29 is 17.9 Å². The van der Waals surface area contributed by atoms with Gasteiger partial charge in [-0.15, -0.1) is 4.83 Å². The second kappa shape index (κ2) is 8.54. The van der Waals surface area contributed by atoms with Gasteiger partial charge in [0.25, 0.3) is 15.9 Å². The van der Waals surface area contributed by atoms with Crippen LogP contribution in [-0.4, -0.2) is 20.9 Å². The van der Waals surface area contributed by atoms with Crippen molar-refractivity contribution in [3.63, 3.8) is 0 Å². The van der Waals surface area contributed by atoms with Crippen LogP contribution in [0.15, 0.2) is 35.2 Å². The standard InChI is InChI=1S/C20H26N2O4S/c1-6-17-7-9-18(10-8-17)26-12-19(23)21-22-27(24,25)20-15(4)13(2)11-14(3)16(20)5/h7-11,22H,6,12H2,1-5H3,(H,21,23). The van der Waals surface area contributed by atoms with E-state index in [-0.39, 0.29) is 11.5 Å². The fourth-order valence-corrected chi connectivity index (χ4v) is 4.24. The molecule has 2 aromatic carbocycles. The second-order valence-electron chi connectivity index (χ2n) is 6.53. The van der Waals surface area contributed by atoms with Crippen LogP contribution in [0, 0.1) is 27.7 Å². The number of nitrogens with one attached hydrogen (secondary N) is 2. The molecule has 2 aromatic rings. The maximum absolute atomic E-state index is 12.7. The van der Waals surface area contributed by atoms with E-state index in [1.54, 1.807) is 26.0 Å². The molecule has 0 aliphatic carbocycles. The van der Waals surface area contributed by atoms with Crippen molar-refractivity contribution in [2.45, 2.75) is 45.9 Å². The number of ether oxygens (including phenoxy) is 1. The van der Waals surface area contributed by atoms with E-state index in [0.29, 0.717) is 16.9 Å². The lowest BCUT2D eigenvalue weighted by Crippen LogP contribution is -2.44. The largest absolute Gasteiger partial charge is 0.484 e. The number of hydrogen-bond acceptors (Lipinski definition) is 4. The highest BCUT2D eigenvalue weighted by Gasteiger charge is 2.22. The first kappa shape index (κ1) is 20.9. The van der Waals surface area contributed by atoms with Gasteiger partial charge < -0.3 is 4.74 Å². The normalized spacial score (nSPS) is 11.3. The Kier molecular flexibility index (Phi) is 6.62. The Bertz CT molecular complexity index is 909. The minimum atomic E-state index is -3.89. The summed E-state index contributed by atoms with van der Waals surface area (Å²) in [6.07, 6.45) is 0.916. The SMILES string of the molecule is CCc1ccc(OCC(=O)NNS(=O)(=O)c2c(C)c(C)cc(C)c2C)cc1. The molecule has 0 aromatic heterocycles. The van der Waals surface area contributed by atoms with Crippen LogP contribution < -0.4 is 15.0 Å². The first-order valence-electron chi connectivity index (χ1n) is 8.75. The van der Waals surface area contributed by atoms with Gasteiger partial charge in [-0.05, 0) is 74.1 Å². The van der Waals surface area contributed by atoms with Gasteiger partial charge in [-0.1, -0.05) is 25.1 Å². The van der Waals surface area contributed by atoms with Gasteiger partial charge in [0.2, 0.25) is 0 Å². The van der Waals surface area contributed by atoms with E-state index < -0.39 is 15.9 Å². The summed E-state index contributed by atoms with van der Waals surface area (Å²) >= 11 is 0. The van der Waals surface area contributed by atoms with Crippen LogP contribution in [0.4, 0.5) is 0 Å². The van der Waals surface area contributed by atoms with Gasteiger partial charge in [0.1, 0.15) is 5.75 Å². The number of hydrogen-bond donors (Lipinski definition) is 2. The zero-order chi connectivity index (χ0) is 20.2. The number of rotatable bonds is 7. The molecule has 146 valence electrons. The Labute approximate surface area is 161 Å². The van der Waals surface area contributed by atoms with Crippen LogP contribution in [-0.2, 0) is 21.2 Å². The molecule has 0 saturated heterocycles. The average molecular weight is 391 g/mol. The zero-order valence-electron chi connectivity index (χ0n) is 16.3. The Morgan fingerprint density at radius 3 is 2.07 bits per heavy atom. The van der Waals surface area contributed by atoms with Crippen LogP contribution in [0.5, 0.6) is 5.75 Å². The van der Waals surface area contributed by atoms with Crippen molar-refractivity contribution in [3.05, 3.63) is 58.1 Å². The Morgan fingerprint density at radius 2 is 1.56 bits per heavy atom. The van der Waals surface area contributed by atoms with Gasteiger partial charge in [0.15, 0.2) is 6.61 Å². The minimum absolute atomic E-state index is 0.191. The molecule has 0 unspecified atom stereocenters. The molecule has 0 heterocycles. The predicted octanol–water partition coefficient (Wildman–Crippen LogP) is 2.87. The summed E-state index contributed by atoms with van der Waals surface area (Å²) in [6, 6.07) is 9.33. The van der Waals surface area contributed by atoms with Crippen molar-refractivity contribution in [3.8, 4) is 5.75 Å². The van der Waals surface area contributed by atoms with Gasteiger partial charge in [-0.2, -0.15) is 0 Å². The van der Waals surface area contributed by atoms with Crippen LogP contribution in [0.25, 0.3) is 0 Å². The third kappa shape index (κ3) is 5.08. The fourth-order valence-electron chi connectivity index (χ4n) is 2.77. The van der Waals surface area contributed by atoms with E-state index in [1.807, 2.05) is 32.0 Å². The number of sulfonamides is 1. The molecule has 0 saturated carbocycles. The van der Waals surface area contributed by atoms with Crippen LogP contribution >= 0.6 is 0 Å². The molecule has 2 N–H and O–H groups in total. The first-order chi connectivity index (χ1) is 12.7. The molecule has 0 aliphatic heterocycles. The lowest BCUT2D eigenvalue weighted by atomic mass is 10.0. The van der Waals surface area contributed by atoms with Crippen LogP contribution in [0.1, 0.15) is 34.7 Å². The van der Waals surface area contributed by atoms with E-state index in [2.05, 4.69) is 17.2 Å². The average Bonchev–Trinajstić information content (AvgIpc) is 2.63.